The number of fused-ring (bicyclic) bond motifs is 1. The lowest BCUT2D eigenvalue weighted by Crippen LogP contribution is -2.58. The van der Waals surface area contributed by atoms with E-state index in [4.69, 9.17) is 0 Å². The predicted octanol–water partition coefficient (Wildman–Crippen LogP) is 1.41. The summed E-state index contributed by atoms with van der Waals surface area (Å²) in [7, 11) is 4.19. The summed E-state index contributed by atoms with van der Waals surface area (Å²) in [5, 5.41) is 8.88. The number of aromatic nitrogens is 4. The summed E-state index contributed by atoms with van der Waals surface area (Å²) >= 11 is 0. The summed E-state index contributed by atoms with van der Waals surface area (Å²) in [6.07, 6.45) is 8.74. The highest BCUT2D eigenvalue weighted by molar-refractivity contribution is 5.45. The lowest BCUT2D eigenvalue weighted by molar-refractivity contribution is 0.194. The monoisotopic (exact) mass is 312 g/mol. The average molecular weight is 312 g/mol. The second-order valence-corrected chi connectivity index (χ2v) is 6.89. The number of imidazole rings is 1. The van der Waals surface area contributed by atoms with E-state index in [-0.39, 0.29) is 0 Å². The Labute approximate surface area is 137 Å². The first-order valence-electron chi connectivity index (χ1n) is 8.46. The molecule has 3 heterocycles. The number of hydrogen-bond acceptors (Lipinski definition) is 5. The van der Waals surface area contributed by atoms with Crippen LogP contribution in [0, 0.1) is 0 Å². The second kappa shape index (κ2) is 5.92. The summed E-state index contributed by atoms with van der Waals surface area (Å²) in [5.41, 5.74) is 3.75. The Morgan fingerprint density at radius 1 is 1.22 bits per heavy atom. The van der Waals surface area contributed by atoms with E-state index >= 15 is 0 Å². The van der Waals surface area contributed by atoms with E-state index in [0.717, 1.165) is 44.0 Å². The zero-order chi connectivity index (χ0) is 15.8. The number of aryl methyl sites for hydroxylation is 3. The average Bonchev–Trinajstić information content (AvgIpc) is 2.90. The molecule has 1 fully saturated rings. The third-order valence-corrected chi connectivity index (χ3v) is 5.04. The van der Waals surface area contributed by atoms with Crippen molar-refractivity contribution in [3.05, 3.63) is 35.5 Å². The first kappa shape index (κ1) is 14.6. The van der Waals surface area contributed by atoms with E-state index in [0.29, 0.717) is 6.04 Å². The van der Waals surface area contributed by atoms with Crippen LogP contribution in [-0.4, -0.2) is 50.8 Å². The van der Waals surface area contributed by atoms with Gasteiger partial charge in [-0.15, -0.1) is 5.10 Å². The quantitative estimate of drug-likeness (QED) is 0.854. The number of likely N-dealkylation sites (N-methyl/N-ethyl adjacent to an activating group) is 1. The molecule has 23 heavy (non-hydrogen) atoms. The van der Waals surface area contributed by atoms with E-state index in [9.17, 15) is 0 Å². The summed E-state index contributed by atoms with van der Waals surface area (Å²) < 4.78 is 2.00. The molecule has 0 bridgehead atoms. The minimum Gasteiger partial charge on any atom is -0.352 e. The number of rotatable bonds is 4. The van der Waals surface area contributed by atoms with Crippen molar-refractivity contribution in [3.8, 4) is 0 Å². The minimum atomic E-state index is 0.565. The van der Waals surface area contributed by atoms with Crippen molar-refractivity contribution in [2.75, 3.05) is 25.0 Å². The van der Waals surface area contributed by atoms with Crippen molar-refractivity contribution in [3.63, 3.8) is 0 Å². The summed E-state index contributed by atoms with van der Waals surface area (Å²) in [4.78, 5) is 9.12. The molecule has 0 unspecified atom stereocenters. The van der Waals surface area contributed by atoms with Crippen LogP contribution in [0.5, 0.6) is 0 Å². The Morgan fingerprint density at radius 2 is 2.04 bits per heavy atom. The third kappa shape index (κ3) is 2.95. The fraction of sp³-hybridized carbons (Fsp3) is 0.588. The smallest absolute Gasteiger partial charge is 0.151 e. The molecule has 6 nitrogen and oxygen atoms in total. The molecule has 1 saturated heterocycles. The molecule has 0 radical (unpaired) electrons. The van der Waals surface area contributed by atoms with E-state index in [1.165, 1.54) is 24.1 Å². The molecule has 2 aromatic heterocycles. The third-order valence-electron chi connectivity index (χ3n) is 5.04. The molecule has 1 aliphatic heterocycles. The second-order valence-electron chi connectivity index (χ2n) is 6.89. The van der Waals surface area contributed by atoms with Crippen LogP contribution in [0.25, 0.3) is 0 Å². The van der Waals surface area contributed by atoms with Gasteiger partial charge in [0.2, 0.25) is 0 Å². The van der Waals surface area contributed by atoms with Crippen molar-refractivity contribution < 1.29 is 0 Å². The highest BCUT2D eigenvalue weighted by Crippen LogP contribution is 2.26. The van der Waals surface area contributed by atoms with Gasteiger partial charge in [-0.25, -0.2) is 4.98 Å². The van der Waals surface area contributed by atoms with Gasteiger partial charge in [-0.05, 0) is 44.4 Å². The summed E-state index contributed by atoms with van der Waals surface area (Å²) in [5.74, 6) is 1.05. The van der Waals surface area contributed by atoms with Crippen molar-refractivity contribution in [1.82, 2.24) is 24.6 Å². The van der Waals surface area contributed by atoms with Crippen LogP contribution >= 0.6 is 0 Å². The molecule has 0 saturated carbocycles. The van der Waals surface area contributed by atoms with E-state index in [2.05, 4.69) is 44.3 Å². The van der Waals surface area contributed by atoms with Crippen LogP contribution in [0.2, 0.25) is 0 Å². The van der Waals surface area contributed by atoms with Crippen LogP contribution in [0.4, 0.5) is 5.82 Å². The molecule has 1 aliphatic carbocycles. The van der Waals surface area contributed by atoms with Gasteiger partial charge in [-0.1, -0.05) is 0 Å². The number of nitrogens with zero attached hydrogens (tertiary/aromatic N) is 6. The Morgan fingerprint density at radius 3 is 2.83 bits per heavy atom. The molecule has 4 rings (SSSR count). The lowest BCUT2D eigenvalue weighted by Gasteiger charge is -2.44. The molecular weight excluding hydrogens is 288 g/mol. The van der Waals surface area contributed by atoms with Crippen molar-refractivity contribution in [2.24, 2.45) is 7.05 Å². The molecule has 122 valence electrons. The Bertz CT molecular complexity index is 688. The normalized spacial score (nSPS) is 18.1. The lowest BCUT2D eigenvalue weighted by atomic mass is 9.96. The molecule has 2 aromatic rings. The minimum absolute atomic E-state index is 0.565. The highest BCUT2D eigenvalue weighted by Gasteiger charge is 2.31. The molecule has 0 amide bonds. The van der Waals surface area contributed by atoms with Gasteiger partial charge < -0.3 is 9.47 Å². The first-order chi connectivity index (χ1) is 11.2. The molecule has 2 aliphatic rings. The van der Waals surface area contributed by atoms with Crippen LogP contribution in [0.3, 0.4) is 0 Å². The summed E-state index contributed by atoms with van der Waals surface area (Å²) in [6, 6.07) is 2.83. The van der Waals surface area contributed by atoms with E-state index in [1.807, 2.05) is 17.9 Å². The van der Waals surface area contributed by atoms with Crippen molar-refractivity contribution >= 4 is 5.82 Å². The Balaban J connectivity index is 1.35. The molecule has 0 N–H and O–H groups in total. The van der Waals surface area contributed by atoms with Crippen LogP contribution in [-0.2, 0) is 26.4 Å². The van der Waals surface area contributed by atoms with E-state index in [1.54, 1.807) is 0 Å². The Kier molecular flexibility index (Phi) is 3.77. The van der Waals surface area contributed by atoms with Gasteiger partial charge >= 0.3 is 0 Å². The molecule has 0 atom stereocenters. The zero-order valence-corrected chi connectivity index (χ0v) is 13.9. The van der Waals surface area contributed by atoms with Gasteiger partial charge in [-0.2, -0.15) is 5.10 Å². The molecule has 0 spiro atoms. The maximum atomic E-state index is 4.44. The fourth-order valence-electron chi connectivity index (χ4n) is 3.49. The summed E-state index contributed by atoms with van der Waals surface area (Å²) in [6.45, 7) is 2.95. The van der Waals surface area contributed by atoms with E-state index < -0.39 is 0 Å². The molecular formula is C17H24N6. The van der Waals surface area contributed by atoms with Gasteiger partial charge in [0.15, 0.2) is 5.82 Å². The van der Waals surface area contributed by atoms with Gasteiger partial charge in [0.1, 0.15) is 0 Å². The SMILES string of the molecule is CN(Cc1cn(C)cn1)C1CN(c2cc3c(nn2)CCCC3)C1. The van der Waals surface area contributed by atoms with Crippen molar-refractivity contribution in [1.29, 1.82) is 0 Å². The highest BCUT2D eigenvalue weighted by atomic mass is 15.4. The largest absolute Gasteiger partial charge is 0.352 e. The van der Waals surface area contributed by atoms with Gasteiger partial charge in [-0.3, -0.25) is 4.90 Å². The van der Waals surface area contributed by atoms with Gasteiger partial charge in [0.25, 0.3) is 0 Å². The fourth-order valence-corrected chi connectivity index (χ4v) is 3.49. The zero-order valence-electron chi connectivity index (χ0n) is 13.9. The Hall–Kier alpha value is -1.95. The molecule has 0 aromatic carbocycles. The van der Waals surface area contributed by atoms with Crippen molar-refractivity contribution in [2.45, 2.75) is 38.3 Å². The van der Waals surface area contributed by atoms with Gasteiger partial charge in [0.05, 0.1) is 17.7 Å². The predicted molar refractivity (Wildman–Crippen MR) is 89.4 cm³/mol. The first-order valence-corrected chi connectivity index (χ1v) is 8.46. The van der Waals surface area contributed by atoms with Gasteiger partial charge in [0, 0.05) is 38.9 Å². The van der Waals surface area contributed by atoms with Crippen LogP contribution in [0.1, 0.15) is 29.8 Å². The van der Waals surface area contributed by atoms with Crippen LogP contribution in [0.15, 0.2) is 18.6 Å². The number of hydrogen-bond donors (Lipinski definition) is 0. The topological polar surface area (TPSA) is 50.1 Å². The standard InChI is InChI=1S/C17H24N6/c1-21-8-14(18-12-21)9-22(2)15-10-23(11-15)17-7-13-5-3-4-6-16(13)19-20-17/h7-8,12,15H,3-6,9-11H2,1-2H3. The maximum absolute atomic E-state index is 4.44. The van der Waals surface area contributed by atoms with Crippen LogP contribution < -0.4 is 4.90 Å². The number of anilines is 1. The molecule has 6 heteroatoms. The maximum Gasteiger partial charge on any atom is 0.151 e.